The Bertz CT molecular complexity index is 499. The minimum absolute atomic E-state index is 0.0423. The molecule has 0 saturated heterocycles. The number of benzene rings is 1. The van der Waals surface area contributed by atoms with E-state index < -0.39 is 0 Å². The Labute approximate surface area is 120 Å². The van der Waals surface area contributed by atoms with Gasteiger partial charge in [-0.3, -0.25) is 4.79 Å². The van der Waals surface area contributed by atoms with E-state index in [-0.39, 0.29) is 11.3 Å². The van der Waals surface area contributed by atoms with Gasteiger partial charge in [-0.25, -0.2) is 0 Å². The molecule has 0 spiro atoms. The normalized spacial score (nSPS) is 10.8. The van der Waals surface area contributed by atoms with E-state index in [4.69, 9.17) is 5.53 Å². The van der Waals surface area contributed by atoms with Gasteiger partial charge in [0.15, 0.2) is 0 Å². The lowest BCUT2D eigenvalue weighted by molar-refractivity contribution is 0.0951. The number of unbranched alkanes of at least 4 members (excludes halogenated alkanes) is 1. The molecule has 0 aliphatic heterocycles. The molecular weight excluding hydrogens is 252 g/mol. The lowest BCUT2D eigenvalue weighted by Crippen LogP contribution is -2.28. The molecule has 108 valence electrons. The third-order valence-electron chi connectivity index (χ3n) is 3.01. The Morgan fingerprint density at radius 1 is 1.30 bits per heavy atom. The molecule has 0 aliphatic carbocycles. The number of azide groups is 1. The molecule has 5 heteroatoms. The topological polar surface area (TPSA) is 77.9 Å². The van der Waals surface area contributed by atoms with Crippen molar-refractivity contribution < 1.29 is 4.79 Å². The minimum Gasteiger partial charge on any atom is -0.352 e. The molecule has 0 radical (unpaired) electrons. The van der Waals surface area contributed by atoms with E-state index >= 15 is 0 Å². The van der Waals surface area contributed by atoms with Crippen molar-refractivity contribution in [2.24, 2.45) is 5.11 Å². The molecule has 0 saturated carbocycles. The molecule has 0 fully saturated rings. The van der Waals surface area contributed by atoms with E-state index in [1.54, 1.807) is 0 Å². The van der Waals surface area contributed by atoms with Crippen LogP contribution in [0.5, 0.6) is 0 Å². The maximum Gasteiger partial charge on any atom is 0.251 e. The fourth-order valence-corrected chi connectivity index (χ4v) is 1.98. The Morgan fingerprint density at radius 3 is 2.65 bits per heavy atom. The van der Waals surface area contributed by atoms with Crippen LogP contribution in [0.25, 0.3) is 10.4 Å². The summed E-state index contributed by atoms with van der Waals surface area (Å²) in [6.45, 7) is 7.36. The van der Waals surface area contributed by atoms with Crippen molar-refractivity contribution in [2.45, 2.75) is 39.0 Å². The quantitative estimate of drug-likeness (QED) is 0.364. The molecule has 1 N–H and O–H groups in total. The summed E-state index contributed by atoms with van der Waals surface area (Å²) < 4.78 is 0. The summed E-state index contributed by atoms with van der Waals surface area (Å²) in [5, 5.41) is 6.38. The molecular formula is C15H22N4O. The third-order valence-corrected chi connectivity index (χ3v) is 3.01. The van der Waals surface area contributed by atoms with Crippen LogP contribution in [0, 0.1) is 0 Å². The second-order valence-electron chi connectivity index (χ2n) is 5.71. The molecule has 0 aliphatic rings. The van der Waals surface area contributed by atoms with Crippen molar-refractivity contribution in [2.75, 3.05) is 13.1 Å². The minimum atomic E-state index is -0.0601. The van der Waals surface area contributed by atoms with Crippen molar-refractivity contribution in [3.63, 3.8) is 0 Å². The highest BCUT2D eigenvalue weighted by Crippen LogP contribution is 2.25. The van der Waals surface area contributed by atoms with Gasteiger partial charge in [-0.1, -0.05) is 44.1 Å². The van der Waals surface area contributed by atoms with Crippen LogP contribution in [-0.4, -0.2) is 19.0 Å². The molecule has 0 heterocycles. The molecule has 5 nitrogen and oxygen atoms in total. The first-order valence-electron chi connectivity index (χ1n) is 6.85. The fraction of sp³-hybridized carbons (Fsp3) is 0.533. The maximum atomic E-state index is 12.2. The van der Waals surface area contributed by atoms with Gasteiger partial charge in [-0.05, 0) is 35.4 Å². The van der Waals surface area contributed by atoms with Crippen LogP contribution in [-0.2, 0) is 5.41 Å². The monoisotopic (exact) mass is 274 g/mol. The van der Waals surface area contributed by atoms with Gasteiger partial charge < -0.3 is 5.32 Å². The molecule has 1 rings (SSSR count). The summed E-state index contributed by atoms with van der Waals surface area (Å²) >= 11 is 0. The van der Waals surface area contributed by atoms with Gasteiger partial charge in [0.05, 0.1) is 0 Å². The lowest BCUT2D eigenvalue weighted by atomic mass is 9.83. The van der Waals surface area contributed by atoms with E-state index in [0.717, 1.165) is 24.0 Å². The van der Waals surface area contributed by atoms with Crippen molar-refractivity contribution in [3.8, 4) is 0 Å². The van der Waals surface area contributed by atoms with Gasteiger partial charge >= 0.3 is 0 Å². The van der Waals surface area contributed by atoms with Crippen molar-refractivity contribution in [1.82, 2.24) is 5.32 Å². The standard InChI is InChI=1S/C15H22N4O/c1-15(2,3)13-9-5-4-8-12(13)14(20)17-10-6-7-11-18-19-16/h4-5,8-9H,6-7,10-11H2,1-3H3,(H,17,20). The largest absolute Gasteiger partial charge is 0.352 e. The Kier molecular flexibility index (Phi) is 6.07. The number of hydrogen-bond acceptors (Lipinski definition) is 2. The van der Waals surface area contributed by atoms with E-state index in [1.807, 2.05) is 24.3 Å². The summed E-state index contributed by atoms with van der Waals surface area (Å²) in [5.74, 6) is -0.0423. The van der Waals surface area contributed by atoms with Gasteiger partial charge in [-0.15, -0.1) is 0 Å². The maximum absolute atomic E-state index is 12.2. The highest BCUT2D eigenvalue weighted by Gasteiger charge is 2.20. The molecule has 0 atom stereocenters. The number of nitrogens with one attached hydrogen (secondary N) is 1. The average Bonchev–Trinajstić information content (AvgIpc) is 2.41. The molecule has 1 amide bonds. The van der Waals surface area contributed by atoms with Crippen LogP contribution in [0.4, 0.5) is 0 Å². The summed E-state index contributed by atoms with van der Waals surface area (Å²) in [6, 6.07) is 7.69. The number of carbonyl (C=O) groups is 1. The second-order valence-corrected chi connectivity index (χ2v) is 5.71. The number of rotatable bonds is 6. The van der Waals surface area contributed by atoms with Crippen molar-refractivity contribution >= 4 is 5.91 Å². The van der Waals surface area contributed by atoms with Crippen LogP contribution in [0.2, 0.25) is 0 Å². The molecule has 0 bridgehead atoms. The van der Waals surface area contributed by atoms with Gasteiger partial charge in [0.1, 0.15) is 0 Å². The van der Waals surface area contributed by atoms with Crippen LogP contribution >= 0.6 is 0 Å². The molecule has 1 aromatic rings. The third kappa shape index (κ3) is 4.94. The highest BCUT2D eigenvalue weighted by atomic mass is 16.1. The molecule has 20 heavy (non-hydrogen) atoms. The van der Waals surface area contributed by atoms with Gasteiger partial charge in [0.2, 0.25) is 0 Å². The predicted molar refractivity (Wildman–Crippen MR) is 80.7 cm³/mol. The lowest BCUT2D eigenvalue weighted by Gasteiger charge is -2.22. The first-order chi connectivity index (χ1) is 9.46. The molecule has 0 aromatic heterocycles. The SMILES string of the molecule is CC(C)(C)c1ccccc1C(=O)NCCCCN=[N+]=[N-]. The summed E-state index contributed by atoms with van der Waals surface area (Å²) in [7, 11) is 0. The van der Waals surface area contributed by atoms with Crippen molar-refractivity contribution in [3.05, 3.63) is 45.8 Å². The summed E-state index contributed by atoms with van der Waals surface area (Å²) in [6.07, 6.45) is 1.59. The first kappa shape index (κ1) is 16.1. The highest BCUT2D eigenvalue weighted by molar-refractivity contribution is 5.96. The average molecular weight is 274 g/mol. The Hall–Kier alpha value is -2.00. The van der Waals surface area contributed by atoms with Crippen LogP contribution in [0.15, 0.2) is 29.4 Å². The van der Waals surface area contributed by atoms with E-state index in [1.165, 1.54) is 0 Å². The summed E-state index contributed by atoms with van der Waals surface area (Å²) in [4.78, 5) is 14.9. The Balaban J connectivity index is 2.58. The van der Waals surface area contributed by atoms with Crippen LogP contribution in [0.1, 0.15) is 49.5 Å². The predicted octanol–water partition coefficient (Wildman–Crippen LogP) is 3.80. The smallest absolute Gasteiger partial charge is 0.251 e. The van der Waals surface area contributed by atoms with Gasteiger partial charge in [0.25, 0.3) is 5.91 Å². The number of carbonyl (C=O) groups excluding carboxylic acids is 1. The first-order valence-corrected chi connectivity index (χ1v) is 6.85. The van der Waals surface area contributed by atoms with E-state index in [9.17, 15) is 4.79 Å². The molecule has 0 unspecified atom stereocenters. The number of hydrogen-bond donors (Lipinski definition) is 1. The van der Waals surface area contributed by atoms with Gasteiger partial charge in [-0.2, -0.15) is 0 Å². The van der Waals surface area contributed by atoms with Crippen molar-refractivity contribution in [1.29, 1.82) is 0 Å². The fourth-order valence-electron chi connectivity index (χ4n) is 1.98. The zero-order valence-electron chi connectivity index (χ0n) is 12.4. The second kappa shape index (κ2) is 7.56. The Morgan fingerprint density at radius 2 is 2.00 bits per heavy atom. The van der Waals surface area contributed by atoms with E-state index in [0.29, 0.717) is 13.1 Å². The molecule has 1 aromatic carbocycles. The van der Waals surface area contributed by atoms with Crippen LogP contribution in [0.3, 0.4) is 0 Å². The van der Waals surface area contributed by atoms with Gasteiger partial charge in [0, 0.05) is 23.6 Å². The zero-order valence-corrected chi connectivity index (χ0v) is 12.4. The summed E-state index contributed by atoms with van der Waals surface area (Å²) in [5.41, 5.74) is 9.87. The zero-order chi connectivity index (χ0) is 15.0. The van der Waals surface area contributed by atoms with E-state index in [2.05, 4.69) is 36.1 Å². The number of amides is 1. The number of nitrogens with zero attached hydrogens (tertiary/aromatic N) is 3. The van der Waals surface area contributed by atoms with Crippen LogP contribution < -0.4 is 5.32 Å².